The molecule has 0 aliphatic heterocycles. The second-order valence-corrected chi connectivity index (χ2v) is 3.53. The first-order chi connectivity index (χ1) is 7.83. The minimum Gasteiger partial charge on any atom is -0.265 e. The zero-order chi connectivity index (χ0) is 11.0. The summed E-state index contributed by atoms with van der Waals surface area (Å²) in [6.07, 6.45) is 4.81. The molecular formula is C12H8FN3. The van der Waals surface area contributed by atoms with Crippen LogP contribution in [0.15, 0.2) is 48.9 Å². The second-order valence-electron chi connectivity index (χ2n) is 3.53. The van der Waals surface area contributed by atoms with Crippen molar-refractivity contribution >= 4 is 10.9 Å². The van der Waals surface area contributed by atoms with Crippen molar-refractivity contribution in [1.82, 2.24) is 15.0 Å². The van der Waals surface area contributed by atoms with E-state index in [1.54, 1.807) is 12.4 Å². The molecule has 3 aromatic rings. The summed E-state index contributed by atoms with van der Waals surface area (Å²) in [5, 5.41) is 4.53. The number of hydrogen-bond acceptors (Lipinski definition) is 2. The minimum atomic E-state index is 0.334. The van der Waals surface area contributed by atoms with Crippen LogP contribution in [0.25, 0.3) is 22.0 Å². The Morgan fingerprint density at radius 3 is 2.62 bits per heavy atom. The molecule has 1 aromatic carbocycles. The summed E-state index contributed by atoms with van der Waals surface area (Å²) in [7, 11) is 0. The van der Waals surface area contributed by atoms with E-state index in [0.29, 0.717) is 10.4 Å². The summed E-state index contributed by atoms with van der Waals surface area (Å²) in [4.78, 5) is 4.29. The smallest absolute Gasteiger partial charge is 0.0958 e. The van der Waals surface area contributed by atoms with E-state index in [2.05, 4.69) is 10.1 Å². The molecular weight excluding hydrogens is 205 g/mol. The van der Waals surface area contributed by atoms with Crippen LogP contribution in [0.5, 0.6) is 0 Å². The van der Waals surface area contributed by atoms with Crippen molar-refractivity contribution in [1.29, 1.82) is 0 Å². The van der Waals surface area contributed by atoms with E-state index < -0.39 is 0 Å². The zero-order valence-electron chi connectivity index (χ0n) is 8.34. The molecule has 16 heavy (non-hydrogen) atoms. The lowest BCUT2D eigenvalue weighted by Gasteiger charge is -1.99. The van der Waals surface area contributed by atoms with Gasteiger partial charge in [-0.1, -0.05) is 16.6 Å². The Morgan fingerprint density at radius 2 is 1.81 bits per heavy atom. The fourth-order valence-corrected chi connectivity index (χ4v) is 1.71. The first kappa shape index (κ1) is 9.03. The maximum Gasteiger partial charge on any atom is 0.0958 e. The average Bonchev–Trinajstić information content (AvgIpc) is 2.69. The van der Waals surface area contributed by atoms with Crippen LogP contribution < -0.4 is 0 Å². The number of pyridine rings is 1. The van der Waals surface area contributed by atoms with Gasteiger partial charge in [-0.25, -0.2) is 0 Å². The van der Waals surface area contributed by atoms with E-state index in [-0.39, 0.29) is 0 Å². The molecule has 0 saturated carbocycles. The van der Waals surface area contributed by atoms with Crippen molar-refractivity contribution in [2.24, 2.45) is 0 Å². The van der Waals surface area contributed by atoms with Crippen molar-refractivity contribution in [3.05, 3.63) is 48.9 Å². The van der Waals surface area contributed by atoms with E-state index in [9.17, 15) is 4.48 Å². The van der Waals surface area contributed by atoms with Gasteiger partial charge in [0.1, 0.15) is 0 Å². The molecule has 2 heterocycles. The molecule has 0 aliphatic rings. The number of aromatic nitrogens is 3. The van der Waals surface area contributed by atoms with Gasteiger partial charge in [0.15, 0.2) is 0 Å². The third kappa shape index (κ3) is 1.44. The fourth-order valence-electron chi connectivity index (χ4n) is 1.71. The highest BCUT2D eigenvalue weighted by Crippen LogP contribution is 2.22. The molecule has 4 heteroatoms. The van der Waals surface area contributed by atoms with E-state index >= 15 is 0 Å². The van der Waals surface area contributed by atoms with E-state index in [1.165, 1.54) is 6.20 Å². The Morgan fingerprint density at radius 1 is 1.00 bits per heavy atom. The Balaban J connectivity index is 2.18. The summed E-state index contributed by atoms with van der Waals surface area (Å²) in [5.74, 6) is 0. The van der Waals surface area contributed by atoms with Crippen LogP contribution in [0, 0.1) is 0 Å². The summed E-state index contributed by atoms with van der Waals surface area (Å²) < 4.78 is 12.9. The number of halogens is 1. The molecule has 0 bridgehead atoms. The van der Waals surface area contributed by atoms with Gasteiger partial charge in [0, 0.05) is 17.8 Å². The monoisotopic (exact) mass is 213 g/mol. The molecule has 0 saturated heterocycles. The molecule has 3 nitrogen and oxygen atoms in total. The second kappa shape index (κ2) is 3.41. The summed E-state index contributed by atoms with van der Waals surface area (Å²) in [6, 6.07) is 9.48. The lowest BCUT2D eigenvalue weighted by Crippen LogP contribution is -1.80. The molecule has 78 valence electrons. The standard InChI is InChI=1S/C12H8FN3/c13-16-8-11-2-1-10(7-12(11)15-16)9-3-5-14-6-4-9/h1-8H. The highest BCUT2D eigenvalue weighted by Gasteiger charge is 2.02. The summed E-state index contributed by atoms with van der Waals surface area (Å²) in [6.45, 7) is 0. The molecule has 0 unspecified atom stereocenters. The molecule has 0 spiro atoms. The van der Waals surface area contributed by atoms with Gasteiger partial charge in [0.2, 0.25) is 0 Å². The largest absolute Gasteiger partial charge is 0.265 e. The molecule has 3 rings (SSSR count). The quantitative estimate of drug-likeness (QED) is 0.622. The van der Waals surface area contributed by atoms with Crippen molar-refractivity contribution in [3.63, 3.8) is 0 Å². The van der Waals surface area contributed by atoms with Gasteiger partial charge < -0.3 is 0 Å². The topological polar surface area (TPSA) is 30.7 Å². The molecule has 0 N–H and O–H groups in total. The molecule has 2 aromatic heterocycles. The maximum atomic E-state index is 12.9. The van der Waals surface area contributed by atoms with Gasteiger partial charge >= 0.3 is 0 Å². The molecule has 0 fully saturated rings. The van der Waals surface area contributed by atoms with Gasteiger partial charge in [-0.3, -0.25) is 4.98 Å². The van der Waals surface area contributed by atoms with Gasteiger partial charge in [-0.15, -0.1) is 10.0 Å². The summed E-state index contributed by atoms with van der Waals surface area (Å²) in [5.41, 5.74) is 2.70. The number of fused-ring (bicyclic) bond motifs is 1. The number of nitrogens with zero attached hydrogens (tertiary/aromatic N) is 3. The highest BCUT2D eigenvalue weighted by molar-refractivity contribution is 5.83. The third-order valence-electron chi connectivity index (χ3n) is 2.49. The average molecular weight is 213 g/mol. The first-order valence-corrected chi connectivity index (χ1v) is 4.89. The number of rotatable bonds is 1. The lowest BCUT2D eigenvalue weighted by molar-refractivity contribution is 0.320. The van der Waals surface area contributed by atoms with Crippen LogP contribution in [-0.2, 0) is 0 Å². The number of benzene rings is 1. The van der Waals surface area contributed by atoms with Gasteiger partial charge in [0.25, 0.3) is 0 Å². The van der Waals surface area contributed by atoms with E-state index in [0.717, 1.165) is 16.5 Å². The minimum absolute atomic E-state index is 0.334. The van der Waals surface area contributed by atoms with Crippen LogP contribution in [0.1, 0.15) is 0 Å². The van der Waals surface area contributed by atoms with Crippen LogP contribution in [-0.4, -0.2) is 15.0 Å². The summed E-state index contributed by atoms with van der Waals surface area (Å²) >= 11 is 0. The van der Waals surface area contributed by atoms with Gasteiger partial charge in [-0.05, 0) is 29.3 Å². The van der Waals surface area contributed by atoms with Crippen molar-refractivity contribution in [3.8, 4) is 11.1 Å². The zero-order valence-corrected chi connectivity index (χ0v) is 8.34. The van der Waals surface area contributed by atoms with Crippen molar-refractivity contribution < 1.29 is 4.48 Å². The maximum absolute atomic E-state index is 12.9. The van der Waals surface area contributed by atoms with E-state index in [1.807, 2.05) is 30.3 Å². The van der Waals surface area contributed by atoms with Crippen molar-refractivity contribution in [2.75, 3.05) is 0 Å². The Labute approximate surface area is 91.1 Å². The van der Waals surface area contributed by atoms with Gasteiger partial charge in [-0.2, -0.15) is 0 Å². The Bertz CT molecular complexity index is 631. The number of hydrogen-bond donors (Lipinski definition) is 0. The Kier molecular flexibility index (Phi) is 1.93. The lowest BCUT2D eigenvalue weighted by atomic mass is 10.1. The van der Waals surface area contributed by atoms with Crippen molar-refractivity contribution in [2.45, 2.75) is 0 Å². The van der Waals surface area contributed by atoms with Crippen LogP contribution in [0.4, 0.5) is 4.48 Å². The van der Waals surface area contributed by atoms with Crippen LogP contribution >= 0.6 is 0 Å². The van der Waals surface area contributed by atoms with Crippen LogP contribution in [0.2, 0.25) is 0 Å². The van der Waals surface area contributed by atoms with E-state index in [4.69, 9.17) is 0 Å². The highest BCUT2D eigenvalue weighted by atomic mass is 19.2. The predicted octanol–water partition coefficient (Wildman–Crippen LogP) is 2.83. The van der Waals surface area contributed by atoms with Gasteiger partial charge in [0.05, 0.1) is 11.7 Å². The van der Waals surface area contributed by atoms with Crippen LogP contribution in [0.3, 0.4) is 0 Å². The molecule has 0 atom stereocenters. The Hall–Kier alpha value is -2.23. The molecule has 0 amide bonds. The SMILES string of the molecule is Fn1cc2ccc(-c3ccncc3)cc2n1. The molecule has 0 aliphatic carbocycles. The third-order valence-corrected chi connectivity index (χ3v) is 2.49. The molecule has 0 radical (unpaired) electrons. The normalized spacial score (nSPS) is 10.8. The fraction of sp³-hybridized carbons (Fsp3) is 0. The first-order valence-electron chi connectivity index (χ1n) is 4.89. The predicted molar refractivity (Wildman–Crippen MR) is 59.5 cm³/mol.